The molecule has 0 atom stereocenters. The predicted molar refractivity (Wildman–Crippen MR) is 101 cm³/mol. The molecule has 0 fully saturated rings. The first-order valence-electron chi connectivity index (χ1n) is 8.74. The third-order valence-corrected chi connectivity index (χ3v) is 4.98. The standard InChI is InChI=1S/C22H20F2N2/c23-21-11-17(14-6-3-7-18(25)8-14)12-22(24)20(21)13-26-19-9-15-4-1-2-5-16(15)10-19/h1-8,11-12,19,26H,9-10,13,25H2. The molecule has 0 spiro atoms. The van der Waals surface area contributed by atoms with E-state index in [0.717, 1.165) is 12.8 Å². The minimum Gasteiger partial charge on any atom is -0.399 e. The Balaban J connectivity index is 1.49. The zero-order valence-corrected chi connectivity index (χ0v) is 14.3. The fourth-order valence-electron chi connectivity index (χ4n) is 3.61. The van der Waals surface area contributed by atoms with Crippen LogP contribution in [0.1, 0.15) is 16.7 Å². The van der Waals surface area contributed by atoms with Gasteiger partial charge in [-0.1, -0.05) is 36.4 Å². The zero-order chi connectivity index (χ0) is 18.1. The van der Waals surface area contributed by atoms with Crippen molar-refractivity contribution in [1.82, 2.24) is 5.32 Å². The second-order valence-electron chi connectivity index (χ2n) is 6.80. The Hall–Kier alpha value is -2.72. The molecule has 132 valence electrons. The molecular formula is C22H20F2N2. The highest BCUT2D eigenvalue weighted by molar-refractivity contribution is 5.67. The molecule has 3 N–H and O–H groups in total. The first-order chi connectivity index (χ1) is 12.6. The van der Waals surface area contributed by atoms with E-state index < -0.39 is 11.6 Å². The number of rotatable bonds is 4. The largest absolute Gasteiger partial charge is 0.399 e. The number of hydrogen-bond donors (Lipinski definition) is 2. The summed E-state index contributed by atoms with van der Waals surface area (Å²) in [6.45, 7) is 0.174. The minimum atomic E-state index is -0.537. The molecular weight excluding hydrogens is 330 g/mol. The van der Waals surface area contributed by atoms with Crippen molar-refractivity contribution in [2.75, 3.05) is 5.73 Å². The Bertz CT molecular complexity index is 904. The summed E-state index contributed by atoms with van der Waals surface area (Å²) < 4.78 is 29.0. The molecule has 0 saturated carbocycles. The summed E-state index contributed by atoms with van der Waals surface area (Å²) >= 11 is 0. The van der Waals surface area contributed by atoms with E-state index in [2.05, 4.69) is 17.4 Å². The van der Waals surface area contributed by atoms with Gasteiger partial charge in [0.1, 0.15) is 11.6 Å². The number of fused-ring (bicyclic) bond motifs is 1. The molecule has 0 aromatic heterocycles. The second kappa shape index (κ2) is 6.89. The lowest BCUT2D eigenvalue weighted by Gasteiger charge is -2.14. The number of nitrogens with two attached hydrogens (primary N) is 1. The lowest BCUT2D eigenvalue weighted by Crippen LogP contribution is -2.29. The molecule has 1 aliphatic carbocycles. The fourth-order valence-corrected chi connectivity index (χ4v) is 3.61. The van der Waals surface area contributed by atoms with Crippen molar-refractivity contribution in [3.63, 3.8) is 0 Å². The van der Waals surface area contributed by atoms with E-state index in [4.69, 9.17) is 5.73 Å². The van der Waals surface area contributed by atoms with E-state index in [-0.39, 0.29) is 18.2 Å². The highest BCUT2D eigenvalue weighted by Crippen LogP contribution is 2.27. The van der Waals surface area contributed by atoms with Gasteiger partial charge in [0.05, 0.1) is 0 Å². The van der Waals surface area contributed by atoms with Crippen LogP contribution in [-0.2, 0) is 19.4 Å². The van der Waals surface area contributed by atoms with Gasteiger partial charge in [-0.2, -0.15) is 0 Å². The normalized spacial score (nSPS) is 13.8. The molecule has 0 radical (unpaired) electrons. The van der Waals surface area contributed by atoms with Crippen LogP contribution < -0.4 is 11.1 Å². The van der Waals surface area contributed by atoms with E-state index in [1.165, 1.54) is 23.3 Å². The van der Waals surface area contributed by atoms with Crippen molar-refractivity contribution >= 4 is 5.69 Å². The predicted octanol–water partition coefficient (Wildman–Crippen LogP) is 4.47. The topological polar surface area (TPSA) is 38.0 Å². The van der Waals surface area contributed by atoms with Crippen molar-refractivity contribution < 1.29 is 8.78 Å². The lowest BCUT2D eigenvalue weighted by atomic mass is 10.0. The highest BCUT2D eigenvalue weighted by atomic mass is 19.1. The van der Waals surface area contributed by atoms with Gasteiger partial charge in [-0.05, 0) is 59.4 Å². The van der Waals surface area contributed by atoms with Crippen molar-refractivity contribution in [1.29, 1.82) is 0 Å². The van der Waals surface area contributed by atoms with Gasteiger partial charge in [-0.25, -0.2) is 8.78 Å². The molecule has 26 heavy (non-hydrogen) atoms. The Morgan fingerprint density at radius 1 is 0.846 bits per heavy atom. The monoisotopic (exact) mass is 350 g/mol. The molecule has 3 aromatic carbocycles. The molecule has 0 heterocycles. The summed E-state index contributed by atoms with van der Waals surface area (Å²) in [4.78, 5) is 0. The maximum absolute atomic E-state index is 14.5. The van der Waals surface area contributed by atoms with Gasteiger partial charge in [0.25, 0.3) is 0 Å². The van der Waals surface area contributed by atoms with Gasteiger partial charge in [-0.3, -0.25) is 0 Å². The van der Waals surface area contributed by atoms with Crippen LogP contribution in [0.4, 0.5) is 14.5 Å². The summed E-state index contributed by atoms with van der Waals surface area (Å²) in [6.07, 6.45) is 1.78. The van der Waals surface area contributed by atoms with Crippen molar-refractivity contribution in [2.45, 2.75) is 25.4 Å². The first-order valence-corrected chi connectivity index (χ1v) is 8.74. The third-order valence-electron chi connectivity index (χ3n) is 4.98. The Morgan fingerprint density at radius 2 is 1.50 bits per heavy atom. The number of benzene rings is 3. The molecule has 4 heteroatoms. The molecule has 3 aromatic rings. The molecule has 0 bridgehead atoms. The van der Waals surface area contributed by atoms with Gasteiger partial charge in [-0.15, -0.1) is 0 Å². The summed E-state index contributed by atoms with van der Waals surface area (Å²) in [5.41, 5.74) is 10.2. The average Bonchev–Trinajstić information content (AvgIpc) is 3.03. The van der Waals surface area contributed by atoms with E-state index >= 15 is 0 Å². The van der Waals surface area contributed by atoms with Crippen LogP contribution in [0.5, 0.6) is 0 Å². The number of halogens is 2. The maximum atomic E-state index is 14.5. The first kappa shape index (κ1) is 16.7. The summed E-state index contributed by atoms with van der Waals surface area (Å²) in [5.74, 6) is -1.07. The molecule has 0 saturated heterocycles. The van der Waals surface area contributed by atoms with Crippen LogP contribution in [0.15, 0.2) is 60.7 Å². The van der Waals surface area contributed by atoms with E-state index in [9.17, 15) is 8.78 Å². The van der Waals surface area contributed by atoms with Gasteiger partial charge in [0.15, 0.2) is 0 Å². The number of nitrogen functional groups attached to an aromatic ring is 1. The summed E-state index contributed by atoms with van der Waals surface area (Å²) in [6, 6.07) is 18.2. The molecule has 2 nitrogen and oxygen atoms in total. The lowest BCUT2D eigenvalue weighted by molar-refractivity contribution is 0.492. The maximum Gasteiger partial charge on any atom is 0.131 e. The summed E-state index contributed by atoms with van der Waals surface area (Å²) in [5, 5.41) is 3.29. The molecule has 4 rings (SSSR count). The fraction of sp³-hybridized carbons (Fsp3) is 0.182. The van der Waals surface area contributed by atoms with Crippen molar-refractivity contribution in [3.05, 3.63) is 89.0 Å². The van der Waals surface area contributed by atoms with E-state index in [1.807, 2.05) is 12.1 Å². The molecule has 0 amide bonds. The van der Waals surface area contributed by atoms with E-state index in [1.54, 1.807) is 24.3 Å². The van der Waals surface area contributed by atoms with Gasteiger partial charge in [0, 0.05) is 23.8 Å². The van der Waals surface area contributed by atoms with Crippen molar-refractivity contribution in [2.24, 2.45) is 0 Å². The van der Waals surface area contributed by atoms with Gasteiger partial charge in [0.2, 0.25) is 0 Å². The van der Waals surface area contributed by atoms with Crippen LogP contribution in [0.3, 0.4) is 0 Å². The second-order valence-corrected chi connectivity index (χ2v) is 6.80. The number of nitrogens with one attached hydrogen (secondary N) is 1. The van der Waals surface area contributed by atoms with Crippen LogP contribution >= 0.6 is 0 Å². The highest BCUT2D eigenvalue weighted by Gasteiger charge is 2.21. The Morgan fingerprint density at radius 3 is 2.12 bits per heavy atom. The third kappa shape index (κ3) is 3.33. The Labute approximate surface area is 151 Å². The minimum absolute atomic E-state index is 0.0774. The van der Waals surface area contributed by atoms with Crippen LogP contribution in [0, 0.1) is 11.6 Å². The van der Waals surface area contributed by atoms with Crippen molar-refractivity contribution in [3.8, 4) is 11.1 Å². The van der Waals surface area contributed by atoms with Crippen LogP contribution in [0.2, 0.25) is 0 Å². The molecule has 0 unspecified atom stereocenters. The van der Waals surface area contributed by atoms with Crippen LogP contribution in [-0.4, -0.2) is 6.04 Å². The molecule has 0 aliphatic heterocycles. The quantitative estimate of drug-likeness (QED) is 0.681. The SMILES string of the molecule is Nc1cccc(-c2cc(F)c(CNC3Cc4ccccc4C3)c(F)c2)c1. The average molecular weight is 350 g/mol. The van der Waals surface area contributed by atoms with E-state index in [0.29, 0.717) is 16.8 Å². The Kier molecular flexibility index (Phi) is 4.43. The zero-order valence-electron chi connectivity index (χ0n) is 14.3. The van der Waals surface area contributed by atoms with Gasteiger partial charge < -0.3 is 11.1 Å². The van der Waals surface area contributed by atoms with Gasteiger partial charge >= 0.3 is 0 Å². The number of anilines is 1. The number of hydrogen-bond acceptors (Lipinski definition) is 2. The smallest absolute Gasteiger partial charge is 0.131 e. The summed E-state index contributed by atoms with van der Waals surface area (Å²) in [7, 11) is 0. The van der Waals surface area contributed by atoms with Crippen LogP contribution in [0.25, 0.3) is 11.1 Å². The molecule has 1 aliphatic rings.